The number of carboxylic acids is 1. The third-order valence-electron chi connectivity index (χ3n) is 2.97. The average molecular weight is 310 g/mol. The molecular formula is C15H22N2O5. The zero-order valence-electron chi connectivity index (χ0n) is 13.0. The Morgan fingerprint density at radius 3 is 2.59 bits per heavy atom. The highest BCUT2D eigenvalue weighted by Gasteiger charge is 2.30. The van der Waals surface area contributed by atoms with Crippen LogP contribution in [0.25, 0.3) is 0 Å². The van der Waals surface area contributed by atoms with Crippen molar-refractivity contribution < 1.29 is 24.5 Å². The smallest absolute Gasteiger partial charge is 0.337 e. The van der Waals surface area contributed by atoms with E-state index in [-0.39, 0.29) is 0 Å². The molecule has 1 aromatic rings. The fraction of sp³-hybridized carbons (Fsp3) is 0.467. The molecule has 0 spiro atoms. The molecule has 22 heavy (non-hydrogen) atoms. The summed E-state index contributed by atoms with van der Waals surface area (Å²) in [5.74, 6) is -0.680. The number of rotatable bonds is 7. The van der Waals surface area contributed by atoms with E-state index in [0.717, 1.165) is 24.7 Å². The first-order chi connectivity index (χ1) is 10.3. The van der Waals surface area contributed by atoms with E-state index in [0.29, 0.717) is 12.3 Å². The van der Waals surface area contributed by atoms with Crippen molar-refractivity contribution in [3.8, 4) is 5.75 Å². The number of carbonyl (C=O) groups is 2. The molecule has 1 atom stereocenters. The van der Waals surface area contributed by atoms with Crippen LogP contribution >= 0.6 is 0 Å². The summed E-state index contributed by atoms with van der Waals surface area (Å²) in [6.07, 6.45) is 0.908. The molecule has 0 aliphatic carbocycles. The number of carboxylic acid groups (broad SMARTS) is 1. The Balaban J connectivity index is 2.59. The Morgan fingerprint density at radius 2 is 2.05 bits per heavy atom. The van der Waals surface area contributed by atoms with Crippen LogP contribution in [-0.2, 0) is 4.79 Å². The first-order valence-electron chi connectivity index (χ1n) is 7.00. The fourth-order valence-electron chi connectivity index (χ4n) is 1.58. The van der Waals surface area contributed by atoms with Gasteiger partial charge in [-0.25, -0.2) is 9.59 Å². The Bertz CT molecular complexity index is 543. The van der Waals surface area contributed by atoms with E-state index in [4.69, 9.17) is 9.84 Å². The monoisotopic (exact) mass is 310 g/mol. The van der Waals surface area contributed by atoms with Crippen molar-refractivity contribution in [3.63, 3.8) is 0 Å². The number of amides is 2. The number of hydrogen-bond donors (Lipinski definition) is 4. The molecule has 7 heteroatoms. The highest BCUT2D eigenvalue weighted by Crippen LogP contribution is 2.21. The van der Waals surface area contributed by atoms with E-state index in [2.05, 4.69) is 10.6 Å². The van der Waals surface area contributed by atoms with E-state index in [1.165, 1.54) is 0 Å². The van der Waals surface area contributed by atoms with Gasteiger partial charge in [-0.1, -0.05) is 6.92 Å². The van der Waals surface area contributed by atoms with Gasteiger partial charge in [0.1, 0.15) is 5.75 Å². The van der Waals surface area contributed by atoms with Gasteiger partial charge in [-0.2, -0.15) is 0 Å². The fourth-order valence-corrected chi connectivity index (χ4v) is 1.58. The number of urea groups is 1. The Labute approximate surface area is 129 Å². The van der Waals surface area contributed by atoms with Crippen LogP contribution in [0.1, 0.15) is 25.8 Å². The standard InChI is InChI=1S/C15H22N2O5/c1-4-7-22-11-5-6-12(10(2)8-11)17-14(20)16-9-15(3,21)13(18)19/h5-6,8,21H,4,7,9H2,1-3H3,(H,18,19)(H2,16,17,20). The Kier molecular flexibility index (Phi) is 6.18. The first kappa shape index (κ1) is 17.8. The summed E-state index contributed by atoms with van der Waals surface area (Å²) in [6.45, 7) is 5.17. The lowest BCUT2D eigenvalue weighted by atomic mass is 10.1. The van der Waals surface area contributed by atoms with Crippen LogP contribution in [0.3, 0.4) is 0 Å². The molecule has 1 rings (SSSR count). The number of ether oxygens (including phenoxy) is 1. The summed E-state index contributed by atoms with van der Waals surface area (Å²) < 4.78 is 5.49. The van der Waals surface area contributed by atoms with Crippen molar-refractivity contribution in [2.45, 2.75) is 32.8 Å². The largest absolute Gasteiger partial charge is 0.494 e. The van der Waals surface area contributed by atoms with Crippen LogP contribution in [-0.4, -0.2) is 41.0 Å². The number of nitrogens with one attached hydrogen (secondary N) is 2. The Hall–Kier alpha value is -2.28. The lowest BCUT2D eigenvalue weighted by Gasteiger charge is -2.19. The van der Waals surface area contributed by atoms with Gasteiger partial charge in [0.25, 0.3) is 0 Å². The molecule has 0 radical (unpaired) electrons. The van der Waals surface area contributed by atoms with E-state index in [1.807, 2.05) is 13.8 Å². The minimum Gasteiger partial charge on any atom is -0.494 e. The second-order valence-electron chi connectivity index (χ2n) is 5.21. The molecule has 0 saturated carbocycles. The number of hydrogen-bond acceptors (Lipinski definition) is 4. The number of aliphatic carboxylic acids is 1. The molecule has 0 aromatic heterocycles. The van der Waals surface area contributed by atoms with Crippen LogP contribution in [0.2, 0.25) is 0 Å². The van der Waals surface area contributed by atoms with Gasteiger partial charge in [0, 0.05) is 5.69 Å². The van der Waals surface area contributed by atoms with Crippen molar-refractivity contribution in [3.05, 3.63) is 23.8 Å². The molecular weight excluding hydrogens is 288 g/mol. The minimum atomic E-state index is -2.01. The molecule has 0 heterocycles. The second-order valence-corrected chi connectivity index (χ2v) is 5.21. The summed E-state index contributed by atoms with van der Waals surface area (Å²) in [4.78, 5) is 22.5. The molecule has 122 valence electrons. The number of aliphatic hydroxyl groups is 1. The normalized spacial score (nSPS) is 13.1. The van der Waals surface area contributed by atoms with Crippen molar-refractivity contribution in [2.24, 2.45) is 0 Å². The lowest BCUT2D eigenvalue weighted by molar-refractivity contribution is -0.155. The third-order valence-corrected chi connectivity index (χ3v) is 2.97. The molecule has 0 aliphatic heterocycles. The summed E-state index contributed by atoms with van der Waals surface area (Å²) in [7, 11) is 0. The summed E-state index contributed by atoms with van der Waals surface area (Å²) >= 11 is 0. The number of carbonyl (C=O) groups excluding carboxylic acids is 1. The van der Waals surface area contributed by atoms with Crippen LogP contribution in [0.5, 0.6) is 5.75 Å². The maximum atomic E-state index is 11.7. The molecule has 7 nitrogen and oxygen atoms in total. The minimum absolute atomic E-state index is 0.398. The third kappa shape index (κ3) is 5.25. The van der Waals surface area contributed by atoms with Crippen molar-refractivity contribution in [1.82, 2.24) is 5.32 Å². The molecule has 4 N–H and O–H groups in total. The van der Waals surface area contributed by atoms with Crippen LogP contribution in [0, 0.1) is 6.92 Å². The zero-order chi connectivity index (χ0) is 16.8. The van der Waals surface area contributed by atoms with Gasteiger partial charge in [-0.3, -0.25) is 0 Å². The molecule has 0 aliphatic rings. The van der Waals surface area contributed by atoms with Gasteiger partial charge in [-0.15, -0.1) is 0 Å². The summed E-state index contributed by atoms with van der Waals surface area (Å²) in [5, 5.41) is 23.2. The second kappa shape index (κ2) is 7.65. The average Bonchev–Trinajstić information content (AvgIpc) is 2.45. The van der Waals surface area contributed by atoms with Crippen molar-refractivity contribution >= 4 is 17.7 Å². The van der Waals surface area contributed by atoms with E-state index >= 15 is 0 Å². The predicted octanol–water partition coefficient (Wildman–Crippen LogP) is 1.74. The van der Waals surface area contributed by atoms with E-state index < -0.39 is 24.1 Å². The maximum Gasteiger partial charge on any atom is 0.337 e. The summed E-state index contributed by atoms with van der Waals surface area (Å²) in [6, 6.07) is 4.66. The SMILES string of the molecule is CCCOc1ccc(NC(=O)NCC(C)(O)C(=O)O)c(C)c1. The Morgan fingerprint density at radius 1 is 1.36 bits per heavy atom. The topological polar surface area (TPSA) is 108 Å². The molecule has 1 unspecified atom stereocenters. The maximum absolute atomic E-state index is 11.7. The van der Waals surface area contributed by atoms with Gasteiger partial charge in [0.05, 0.1) is 13.2 Å². The zero-order valence-corrected chi connectivity index (χ0v) is 13.0. The number of aryl methyl sites for hydroxylation is 1. The van der Waals surface area contributed by atoms with Gasteiger partial charge >= 0.3 is 12.0 Å². The van der Waals surface area contributed by atoms with Crippen molar-refractivity contribution in [1.29, 1.82) is 0 Å². The summed E-state index contributed by atoms with van der Waals surface area (Å²) in [5.41, 5.74) is -0.616. The highest BCUT2D eigenvalue weighted by atomic mass is 16.5. The number of benzene rings is 1. The van der Waals surface area contributed by atoms with Crippen LogP contribution < -0.4 is 15.4 Å². The molecule has 2 amide bonds. The quantitative estimate of drug-likeness (QED) is 0.613. The van der Waals surface area contributed by atoms with Crippen LogP contribution in [0.15, 0.2) is 18.2 Å². The first-order valence-corrected chi connectivity index (χ1v) is 7.00. The van der Waals surface area contributed by atoms with Gasteiger partial charge in [0.15, 0.2) is 5.60 Å². The van der Waals surface area contributed by atoms with Gasteiger partial charge in [-0.05, 0) is 44.0 Å². The predicted molar refractivity (Wildman–Crippen MR) is 82.2 cm³/mol. The molecule has 1 aromatic carbocycles. The molecule has 0 fully saturated rings. The van der Waals surface area contributed by atoms with Crippen molar-refractivity contribution in [2.75, 3.05) is 18.5 Å². The highest BCUT2D eigenvalue weighted by molar-refractivity contribution is 5.90. The van der Waals surface area contributed by atoms with Crippen LogP contribution in [0.4, 0.5) is 10.5 Å². The van der Waals surface area contributed by atoms with E-state index in [9.17, 15) is 14.7 Å². The number of anilines is 1. The van der Waals surface area contributed by atoms with Gasteiger partial charge in [0.2, 0.25) is 0 Å². The molecule has 0 bridgehead atoms. The van der Waals surface area contributed by atoms with Gasteiger partial charge < -0.3 is 25.6 Å². The lowest BCUT2D eigenvalue weighted by Crippen LogP contribution is -2.47. The molecule has 0 saturated heterocycles. The van der Waals surface area contributed by atoms with E-state index in [1.54, 1.807) is 18.2 Å².